The van der Waals surface area contributed by atoms with Crippen LogP contribution in [0.4, 0.5) is 4.79 Å². The van der Waals surface area contributed by atoms with Crippen molar-refractivity contribution >= 4 is 58.2 Å². The highest BCUT2D eigenvalue weighted by atomic mass is 35.5. The number of furan rings is 1. The fourth-order valence-electron chi connectivity index (χ4n) is 3.01. The molecular weight excluding hydrogens is 461 g/mol. The van der Waals surface area contributed by atoms with E-state index in [9.17, 15) is 14.4 Å². The largest absolute Gasteiger partial charge is 0.478 e. The number of benzene rings is 2. The Hall–Kier alpha value is -3.00. The third-order valence-corrected chi connectivity index (χ3v) is 5.94. The minimum atomic E-state index is -1.12. The highest BCUT2D eigenvalue weighted by Gasteiger charge is 2.35. The van der Waals surface area contributed by atoms with Crippen molar-refractivity contribution in [3.8, 4) is 11.3 Å². The summed E-state index contributed by atoms with van der Waals surface area (Å²) in [4.78, 5) is 37.5. The molecule has 1 saturated heterocycles. The second-order valence-corrected chi connectivity index (χ2v) is 8.44. The Kier molecular flexibility index (Phi) is 5.91. The zero-order chi connectivity index (χ0) is 22.1. The van der Waals surface area contributed by atoms with Crippen LogP contribution in [0, 0.1) is 0 Å². The van der Waals surface area contributed by atoms with Crippen LogP contribution in [0.2, 0.25) is 10.0 Å². The number of amides is 2. The van der Waals surface area contributed by atoms with E-state index < -0.39 is 11.9 Å². The molecule has 2 aromatic carbocycles. The molecule has 1 aromatic heterocycles. The van der Waals surface area contributed by atoms with Crippen molar-refractivity contribution in [2.45, 2.75) is 6.54 Å². The van der Waals surface area contributed by atoms with Crippen LogP contribution in [-0.4, -0.2) is 27.1 Å². The molecule has 1 N–H and O–H groups in total. The Labute approximate surface area is 191 Å². The van der Waals surface area contributed by atoms with Crippen molar-refractivity contribution in [3.63, 3.8) is 0 Å². The van der Waals surface area contributed by atoms with E-state index in [4.69, 9.17) is 32.7 Å². The minimum Gasteiger partial charge on any atom is -0.478 e. The lowest BCUT2D eigenvalue weighted by Crippen LogP contribution is -2.27. The van der Waals surface area contributed by atoms with Gasteiger partial charge in [0.25, 0.3) is 11.1 Å². The van der Waals surface area contributed by atoms with E-state index in [0.717, 1.165) is 22.2 Å². The maximum Gasteiger partial charge on any atom is 0.337 e. The normalized spacial score (nSPS) is 15.2. The van der Waals surface area contributed by atoms with E-state index in [1.807, 2.05) is 0 Å². The van der Waals surface area contributed by atoms with Gasteiger partial charge in [0.15, 0.2) is 0 Å². The number of imide groups is 1. The summed E-state index contributed by atoms with van der Waals surface area (Å²) >= 11 is 12.8. The second kappa shape index (κ2) is 8.63. The molecule has 31 heavy (non-hydrogen) atoms. The number of thioether (sulfide) groups is 1. The standard InChI is InChI=1S/C22H13Cl2NO5S/c23-14-3-1-2-12(8-14)11-25-20(26)19(31-22(25)29)10-15-5-7-18(30-15)13-4-6-16(21(27)28)17(24)9-13/h1-10H,11H2,(H,27,28)/b19-10-. The van der Waals surface area contributed by atoms with Gasteiger partial charge in [-0.15, -0.1) is 0 Å². The summed E-state index contributed by atoms with van der Waals surface area (Å²) in [6.07, 6.45) is 1.50. The van der Waals surface area contributed by atoms with Gasteiger partial charge in [0.05, 0.1) is 22.0 Å². The van der Waals surface area contributed by atoms with Crippen molar-refractivity contribution in [1.82, 2.24) is 4.90 Å². The maximum atomic E-state index is 12.7. The van der Waals surface area contributed by atoms with Crippen LogP contribution in [0.15, 0.2) is 63.9 Å². The van der Waals surface area contributed by atoms with Crippen molar-refractivity contribution in [3.05, 3.63) is 86.4 Å². The second-order valence-electron chi connectivity index (χ2n) is 6.60. The number of carboxylic acid groups (broad SMARTS) is 1. The molecule has 2 amide bonds. The smallest absolute Gasteiger partial charge is 0.337 e. The van der Waals surface area contributed by atoms with Crippen LogP contribution in [-0.2, 0) is 11.3 Å². The van der Waals surface area contributed by atoms with Gasteiger partial charge in [0.2, 0.25) is 0 Å². The van der Waals surface area contributed by atoms with Gasteiger partial charge in [-0.3, -0.25) is 14.5 Å². The van der Waals surface area contributed by atoms with E-state index in [0.29, 0.717) is 22.1 Å². The van der Waals surface area contributed by atoms with Crippen molar-refractivity contribution in [2.24, 2.45) is 0 Å². The molecular formula is C22H13Cl2NO5S. The molecule has 1 fully saturated rings. The molecule has 156 valence electrons. The summed E-state index contributed by atoms with van der Waals surface area (Å²) in [6, 6.07) is 14.8. The Morgan fingerprint density at radius 2 is 1.90 bits per heavy atom. The number of hydrogen-bond acceptors (Lipinski definition) is 5. The summed E-state index contributed by atoms with van der Waals surface area (Å²) < 4.78 is 5.74. The molecule has 2 heterocycles. The molecule has 4 rings (SSSR count). The van der Waals surface area contributed by atoms with Gasteiger partial charge in [0.1, 0.15) is 11.5 Å². The van der Waals surface area contributed by atoms with Gasteiger partial charge in [-0.2, -0.15) is 0 Å². The van der Waals surface area contributed by atoms with E-state index >= 15 is 0 Å². The first-order valence-electron chi connectivity index (χ1n) is 8.94. The van der Waals surface area contributed by atoms with E-state index in [-0.39, 0.29) is 27.3 Å². The maximum absolute atomic E-state index is 12.7. The van der Waals surface area contributed by atoms with E-state index in [2.05, 4.69) is 0 Å². The Morgan fingerprint density at radius 1 is 1.10 bits per heavy atom. The van der Waals surface area contributed by atoms with Crippen molar-refractivity contribution in [2.75, 3.05) is 0 Å². The molecule has 0 radical (unpaired) electrons. The molecule has 3 aromatic rings. The lowest BCUT2D eigenvalue weighted by molar-refractivity contribution is -0.123. The topological polar surface area (TPSA) is 87.8 Å². The zero-order valence-corrected chi connectivity index (χ0v) is 18.0. The SMILES string of the molecule is O=C(O)c1ccc(-c2ccc(/C=C3\SC(=O)N(Cc4cccc(Cl)c4)C3=O)o2)cc1Cl. The molecule has 0 spiro atoms. The average molecular weight is 474 g/mol. The lowest BCUT2D eigenvalue weighted by Gasteiger charge is -2.12. The first-order chi connectivity index (χ1) is 14.8. The molecule has 0 unspecified atom stereocenters. The number of hydrogen-bond donors (Lipinski definition) is 1. The van der Waals surface area contributed by atoms with Crippen LogP contribution >= 0.6 is 35.0 Å². The Bertz CT molecular complexity index is 1250. The number of carbonyl (C=O) groups excluding carboxylic acids is 2. The predicted octanol–water partition coefficient (Wildman–Crippen LogP) is 6.19. The molecule has 0 saturated carbocycles. The van der Waals surface area contributed by atoms with Gasteiger partial charge in [-0.25, -0.2) is 4.79 Å². The third kappa shape index (κ3) is 4.54. The predicted molar refractivity (Wildman–Crippen MR) is 119 cm³/mol. The highest BCUT2D eigenvalue weighted by Crippen LogP contribution is 2.35. The molecule has 0 aliphatic carbocycles. The van der Waals surface area contributed by atoms with Crippen molar-refractivity contribution < 1.29 is 23.9 Å². The summed E-state index contributed by atoms with van der Waals surface area (Å²) in [6.45, 7) is 0.125. The van der Waals surface area contributed by atoms with Crippen LogP contribution in [0.3, 0.4) is 0 Å². The molecule has 0 atom stereocenters. The number of aromatic carboxylic acids is 1. The fraction of sp³-hybridized carbons (Fsp3) is 0.0455. The Morgan fingerprint density at radius 3 is 2.61 bits per heavy atom. The third-order valence-electron chi connectivity index (χ3n) is 4.49. The van der Waals surface area contributed by atoms with Crippen LogP contribution in [0.5, 0.6) is 0 Å². The first-order valence-corrected chi connectivity index (χ1v) is 10.5. The molecule has 1 aliphatic heterocycles. The lowest BCUT2D eigenvalue weighted by atomic mass is 10.1. The molecule has 0 bridgehead atoms. The molecule has 1 aliphatic rings. The fourth-order valence-corrected chi connectivity index (χ4v) is 4.30. The summed E-state index contributed by atoms with van der Waals surface area (Å²) in [7, 11) is 0. The quantitative estimate of drug-likeness (QED) is 0.444. The van der Waals surface area contributed by atoms with E-state index in [1.54, 1.807) is 42.5 Å². The molecule has 6 nitrogen and oxygen atoms in total. The number of carboxylic acids is 1. The van der Waals surface area contributed by atoms with Crippen molar-refractivity contribution in [1.29, 1.82) is 0 Å². The van der Waals surface area contributed by atoms with Crippen LogP contribution in [0.25, 0.3) is 17.4 Å². The Balaban J connectivity index is 1.54. The summed E-state index contributed by atoms with van der Waals surface area (Å²) in [5, 5.41) is 9.32. The van der Waals surface area contributed by atoms with Crippen LogP contribution in [0.1, 0.15) is 21.7 Å². The monoisotopic (exact) mass is 473 g/mol. The molecule has 9 heteroatoms. The van der Waals surface area contributed by atoms with Gasteiger partial charge >= 0.3 is 5.97 Å². The minimum absolute atomic E-state index is 0.00873. The highest BCUT2D eigenvalue weighted by molar-refractivity contribution is 8.18. The zero-order valence-electron chi connectivity index (χ0n) is 15.7. The average Bonchev–Trinajstić information content (AvgIpc) is 3.28. The van der Waals surface area contributed by atoms with Gasteiger partial charge < -0.3 is 9.52 Å². The van der Waals surface area contributed by atoms with Gasteiger partial charge in [0, 0.05) is 16.7 Å². The number of rotatable bonds is 5. The van der Waals surface area contributed by atoms with E-state index in [1.165, 1.54) is 18.2 Å². The summed E-state index contributed by atoms with van der Waals surface area (Å²) in [5.74, 6) is -0.711. The number of halogens is 2. The number of carbonyl (C=O) groups is 3. The first kappa shape index (κ1) is 21.2. The van der Waals surface area contributed by atoms with Crippen LogP contribution < -0.4 is 0 Å². The number of nitrogens with zero attached hydrogens (tertiary/aromatic N) is 1. The summed E-state index contributed by atoms with van der Waals surface area (Å²) in [5.41, 5.74) is 1.33. The van der Waals surface area contributed by atoms with Gasteiger partial charge in [-0.05, 0) is 53.7 Å². The van der Waals surface area contributed by atoms with Gasteiger partial charge in [-0.1, -0.05) is 41.4 Å².